The number of esters is 1. The number of ketones is 1. The molecule has 34 heavy (non-hydrogen) atoms. The van der Waals surface area contributed by atoms with Crippen LogP contribution in [0, 0.1) is 11.3 Å². The van der Waals surface area contributed by atoms with Crippen molar-refractivity contribution in [2.45, 2.75) is 49.1 Å². The Morgan fingerprint density at radius 3 is 2.50 bits per heavy atom. The number of rotatable bonds is 3. The van der Waals surface area contributed by atoms with E-state index in [0.29, 0.717) is 43.0 Å². The number of nitrogens with zero attached hydrogens (tertiary/aromatic N) is 2. The molecule has 2 saturated heterocycles. The number of fused-ring (bicyclic) bond motifs is 1. The predicted octanol–water partition coefficient (Wildman–Crippen LogP) is 2.29. The Hall–Kier alpha value is -2.81. The van der Waals surface area contributed by atoms with Crippen molar-refractivity contribution in [3.05, 3.63) is 17.7 Å². The zero-order chi connectivity index (χ0) is 24.0. The first-order chi connectivity index (χ1) is 16.4. The lowest BCUT2D eigenvalue weighted by Crippen LogP contribution is -2.78. The van der Waals surface area contributed by atoms with Gasteiger partial charge < -0.3 is 18.9 Å². The normalized spacial score (nSPS) is 37.1. The molecule has 182 valence electrons. The molecule has 0 radical (unpaired) electrons. The van der Waals surface area contributed by atoms with E-state index in [-0.39, 0.29) is 17.2 Å². The van der Waals surface area contributed by atoms with Gasteiger partial charge in [-0.05, 0) is 49.3 Å². The van der Waals surface area contributed by atoms with E-state index in [1.165, 1.54) is 33.3 Å². The summed E-state index contributed by atoms with van der Waals surface area (Å²) in [6.07, 6.45) is 2.86. The second kappa shape index (κ2) is 6.87. The second-order valence-electron chi connectivity index (χ2n) is 10.3. The van der Waals surface area contributed by atoms with E-state index < -0.39 is 28.9 Å². The van der Waals surface area contributed by atoms with Gasteiger partial charge in [-0.3, -0.25) is 14.6 Å². The summed E-state index contributed by atoms with van der Waals surface area (Å²) in [6, 6.07) is 3.66. The van der Waals surface area contributed by atoms with Gasteiger partial charge in [-0.25, -0.2) is 9.59 Å². The lowest BCUT2D eigenvalue weighted by Gasteiger charge is -2.64. The van der Waals surface area contributed by atoms with Crippen molar-refractivity contribution in [1.29, 1.82) is 0 Å². The molecule has 1 amide bonds. The minimum atomic E-state index is -1.42. The van der Waals surface area contributed by atoms with Gasteiger partial charge in [0, 0.05) is 24.9 Å². The highest BCUT2D eigenvalue weighted by molar-refractivity contribution is 6.08. The van der Waals surface area contributed by atoms with E-state index in [1.54, 1.807) is 6.07 Å². The van der Waals surface area contributed by atoms with Gasteiger partial charge in [0.15, 0.2) is 17.0 Å². The highest BCUT2D eigenvalue weighted by Crippen LogP contribution is 2.75. The first kappa shape index (κ1) is 21.7. The second-order valence-corrected chi connectivity index (χ2v) is 10.3. The van der Waals surface area contributed by atoms with Crippen LogP contribution in [-0.4, -0.2) is 75.9 Å². The largest absolute Gasteiger partial charge is 0.493 e. The van der Waals surface area contributed by atoms with Gasteiger partial charge in [-0.1, -0.05) is 6.07 Å². The fourth-order valence-electron chi connectivity index (χ4n) is 8.72. The summed E-state index contributed by atoms with van der Waals surface area (Å²) >= 11 is 0. The van der Waals surface area contributed by atoms with Crippen LogP contribution in [0.1, 0.15) is 37.7 Å². The molecule has 0 aromatic heterocycles. The number of ether oxygens (including phenoxy) is 4. The van der Waals surface area contributed by atoms with Crippen LogP contribution in [0.2, 0.25) is 0 Å². The van der Waals surface area contributed by atoms with Gasteiger partial charge in [0.1, 0.15) is 5.78 Å². The summed E-state index contributed by atoms with van der Waals surface area (Å²) in [4.78, 5) is 45.2. The van der Waals surface area contributed by atoms with E-state index in [2.05, 4.69) is 4.90 Å². The van der Waals surface area contributed by atoms with Crippen LogP contribution < -0.4 is 14.4 Å². The summed E-state index contributed by atoms with van der Waals surface area (Å²) in [6.45, 7) is 1.45. The summed E-state index contributed by atoms with van der Waals surface area (Å²) in [5, 5.41) is 0. The number of benzene rings is 1. The zero-order valence-corrected chi connectivity index (χ0v) is 20.0. The lowest BCUT2D eigenvalue weighted by molar-refractivity contribution is -0.166. The summed E-state index contributed by atoms with van der Waals surface area (Å²) in [5.74, 6) is 0.00514. The number of carbonyl (C=O) groups is 3. The third-order valence-electron chi connectivity index (χ3n) is 9.50. The van der Waals surface area contributed by atoms with Crippen LogP contribution in [0.15, 0.2) is 12.1 Å². The molecule has 6 rings (SSSR count). The SMILES string of the molecule is COC(=O)N1c2c(ccc(OC)c2OC)[C@]23[C@@H]4CN5CCC[C@@](CC[C@]12C(=O)OC)(CC4=O)[C@H]53. The molecular formula is C25H30N2O7. The molecule has 2 aliphatic carbocycles. The van der Waals surface area contributed by atoms with Crippen molar-refractivity contribution >= 4 is 23.5 Å². The minimum absolute atomic E-state index is 0.0594. The fourth-order valence-corrected chi connectivity index (χ4v) is 8.72. The van der Waals surface area contributed by atoms with Crippen molar-refractivity contribution in [3.8, 4) is 11.5 Å². The number of amides is 1. The third-order valence-corrected chi connectivity index (χ3v) is 9.50. The maximum absolute atomic E-state index is 14.0. The topological polar surface area (TPSA) is 94.6 Å². The molecule has 0 N–H and O–H groups in total. The van der Waals surface area contributed by atoms with Gasteiger partial charge in [0.2, 0.25) is 0 Å². The molecule has 5 aliphatic rings. The first-order valence-corrected chi connectivity index (χ1v) is 11.9. The fraction of sp³-hybridized carbons (Fsp3) is 0.640. The average Bonchev–Trinajstić information content (AvgIpc) is 3.32. The predicted molar refractivity (Wildman–Crippen MR) is 120 cm³/mol. The number of piperidine rings is 1. The number of methoxy groups -OCH3 is 4. The van der Waals surface area contributed by atoms with Gasteiger partial charge in [0.05, 0.1) is 39.5 Å². The van der Waals surface area contributed by atoms with Crippen LogP contribution in [-0.2, 0) is 24.5 Å². The molecule has 1 aromatic rings. The van der Waals surface area contributed by atoms with E-state index >= 15 is 0 Å². The van der Waals surface area contributed by atoms with E-state index in [9.17, 15) is 14.4 Å². The van der Waals surface area contributed by atoms with Gasteiger partial charge >= 0.3 is 12.1 Å². The third kappa shape index (κ3) is 2.06. The molecule has 3 aliphatic heterocycles. The quantitative estimate of drug-likeness (QED) is 0.621. The molecule has 9 nitrogen and oxygen atoms in total. The molecule has 2 saturated carbocycles. The molecular weight excluding hydrogens is 440 g/mol. The van der Waals surface area contributed by atoms with Gasteiger partial charge in [-0.2, -0.15) is 0 Å². The Labute approximate surface area is 198 Å². The van der Waals surface area contributed by atoms with Crippen LogP contribution in [0.25, 0.3) is 0 Å². The van der Waals surface area contributed by atoms with Crippen molar-refractivity contribution in [2.75, 3.05) is 46.4 Å². The lowest BCUT2D eigenvalue weighted by atomic mass is 9.41. The highest BCUT2D eigenvalue weighted by atomic mass is 16.6. The number of carbonyl (C=O) groups excluding carboxylic acids is 3. The summed E-state index contributed by atoms with van der Waals surface area (Å²) in [5.41, 5.74) is -1.37. The van der Waals surface area contributed by atoms with Crippen LogP contribution in [0.5, 0.6) is 11.5 Å². The monoisotopic (exact) mass is 470 g/mol. The van der Waals surface area contributed by atoms with Crippen LogP contribution in [0.4, 0.5) is 10.5 Å². The van der Waals surface area contributed by atoms with Crippen LogP contribution >= 0.6 is 0 Å². The standard InChI is InChI=1S/C25H30N2O7/c1-31-17-7-6-14-18(19(17)32-2)27(22(30)34-4)24(21(29)33-3)10-9-23-8-5-11-26-13-15(16(28)12-23)25(14,24)20(23)26/h6-7,15,20H,5,8-13H2,1-4H3/t15-,20+,23-,24-,25-/m1/s1. The zero-order valence-electron chi connectivity index (χ0n) is 20.0. The Bertz CT molecular complexity index is 1120. The van der Waals surface area contributed by atoms with Crippen molar-refractivity contribution in [3.63, 3.8) is 0 Å². The summed E-state index contributed by atoms with van der Waals surface area (Å²) in [7, 11) is 5.69. The van der Waals surface area contributed by atoms with Crippen molar-refractivity contribution in [2.24, 2.45) is 11.3 Å². The van der Waals surface area contributed by atoms with Crippen molar-refractivity contribution < 1.29 is 33.3 Å². The molecule has 4 bridgehead atoms. The molecule has 4 fully saturated rings. The number of anilines is 1. The summed E-state index contributed by atoms with van der Waals surface area (Å²) < 4.78 is 22.1. The van der Waals surface area contributed by atoms with E-state index in [1.807, 2.05) is 6.07 Å². The highest BCUT2D eigenvalue weighted by Gasteiger charge is 2.84. The Morgan fingerprint density at radius 2 is 1.82 bits per heavy atom. The molecule has 3 heterocycles. The Kier molecular flexibility index (Phi) is 4.39. The number of hydrogen-bond donors (Lipinski definition) is 0. The number of Topliss-reactive ketones (excluding diaryl/α,β-unsaturated/α-hetero) is 1. The average molecular weight is 471 g/mol. The van der Waals surface area contributed by atoms with Crippen molar-refractivity contribution in [1.82, 2.24) is 4.90 Å². The Morgan fingerprint density at radius 1 is 1.03 bits per heavy atom. The molecule has 9 heteroatoms. The molecule has 1 aromatic carbocycles. The molecule has 0 unspecified atom stereocenters. The Balaban J connectivity index is 1.77. The maximum Gasteiger partial charge on any atom is 0.415 e. The smallest absolute Gasteiger partial charge is 0.415 e. The maximum atomic E-state index is 14.0. The van der Waals surface area contributed by atoms with E-state index in [0.717, 1.165) is 24.9 Å². The van der Waals surface area contributed by atoms with Gasteiger partial charge in [0.25, 0.3) is 0 Å². The van der Waals surface area contributed by atoms with Crippen LogP contribution in [0.3, 0.4) is 0 Å². The molecule has 5 atom stereocenters. The van der Waals surface area contributed by atoms with Gasteiger partial charge in [-0.15, -0.1) is 0 Å². The number of hydrogen-bond acceptors (Lipinski definition) is 8. The molecule has 1 spiro atoms. The minimum Gasteiger partial charge on any atom is -0.493 e. The van der Waals surface area contributed by atoms with E-state index in [4.69, 9.17) is 18.9 Å². The first-order valence-electron chi connectivity index (χ1n) is 11.9.